The Morgan fingerprint density at radius 1 is 1.44 bits per heavy atom. The summed E-state index contributed by atoms with van der Waals surface area (Å²) in [6.07, 6.45) is 2.51. The highest BCUT2D eigenvalue weighted by Gasteiger charge is 2.20. The maximum atomic E-state index is 5.72. The van der Waals surface area contributed by atoms with Gasteiger partial charge in [0.2, 0.25) is 0 Å². The van der Waals surface area contributed by atoms with Crippen molar-refractivity contribution in [1.82, 2.24) is 0 Å². The summed E-state index contributed by atoms with van der Waals surface area (Å²) in [4.78, 5) is 0. The third-order valence-electron chi connectivity index (χ3n) is 3.01. The molecule has 0 fully saturated rings. The molecule has 0 N–H and O–H groups in total. The molecule has 1 aromatic rings. The molecule has 1 aliphatic heterocycles. The second kappa shape index (κ2) is 4.77. The van der Waals surface area contributed by atoms with Crippen LogP contribution in [0, 0.1) is 0 Å². The van der Waals surface area contributed by atoms with Crippen LogP contribution in [-0.2, 0) is 0 Å². The van der Waals surface area contributed by atoms with Gasteiger partial charge >= 0.3 is 0 Å². The van der Waals surface area contributed by atoms with Crippen LogP contribution < -0.4 is 9.47 Å². The number of hydrogen-bond acceptors (Lipinski definition) is 2. The Hall–Kier alpha value is -1.18. The fraction of sp³-hybridized carbons (Fsp3) is 0.571. The molecule has 0 spiro atoms. The quantitative estimate of drug-likeness (QED) is 0.772. The molecule has 0 saturated heterocycles. The van der Waals surface area contributed by atoms with Crippen LogP contribution >= 0.6 is 0 Å². The van der Waals surface area contributed by atoms with Crippen molar-refractivity contribution in [2.45, 2.75) is 45.6 Å². The van der Waals surface area contributed by atoms with Gasteiger partial charge in [0.05, 0.1) is 12.7 Å². The molecule has 1 unspecified atom stereocenters. The Balaban J connectivity index is 2.27. The molecule has 88 valence electrons. The highest BCUT2D eigenvalue weighted by atomic mass is 16.5. The van der Waals surface area contributed by atoms with E-state index in [9.17, 15) is 0 Å². The van der Waals surface area contributed by atoms with Gasteiger partial charge in [0.15, 0.2) is 0 Å². The molecule has 0 saturated carbocycles. The Labute approximate surface area is 97.6 Å². The fourth-order valence-electron chi connectivity index (χ4n) is 2.21. The van der Waals surface area contributed by atoms with Crippen LogP contribution in [0.1, 0.15) is 45.1 Å². The molecule has 1 aliphatic rings. The number of rotatable bonds is 3. The first kappa shape index (κ1) is 11.3. The minimum Gasteiger partial charge on any atom is -0.493 e. The zero-order valence-electron chi connectivity index (χ0n) is 10.3. The van der Waals surface area contributed by atoms with Crippen molar-refractivity contribution in [3.8, 4) is 11.5 Å². The largest absolute Gasteiger partial charge is 0.493 e. The number of fused-ring (bicyclic) bond motifs is 1. The average Bonchev–Trinajstić information content (AvgIpc) is 2.27. The van der Waals surface area contributed by atoms with Gasteiger partial charge in [-0.05, 0) is 50.8 Å². The van der Waals surface area contributed by atoms with Crippen LogP contribution in [0.15, 0.2) is 18.2 Å². The first-order chi connectivity index (χ1) is 7.70. The van der Waals surface area contributed by atoms with E-state index in [0.29, 0.717) is 5.92 Å². The van der Waals surface area contributed by atoms with Crippen LogP contribution in [0.5, 0.6) is 11.5 Å². The van der Waals surface area contributed by atoms with Gasteiger partial charge in [0, 0.05) is 5.56 Å². The van der Waals surface area contributed by atoms with Gasteiger partial charge in [0.1, 0.15) is 11.5 Å². The molecule has 2 nitrogen and oxygen atoms in total. The van der Waals surface area contributed by atoms with Crippen LogP contribution in [0.2, 0.25) is 0 Å². The highest BCUT2D eigenvalue weighted by molar-refractivity contribution is 5.43. The molecule has 2 heteroatoms. The summed E-state index contributed by atoms with van der Waals surface area (Å²) in [6, 6.07) is 6.17. The van der Waals surface area contributed by atoms with Crippen molar-refractivity contribution in [3.63, 3.8) is 0 Å². The Bertz CT molecular complexity index is 358. The van der Waals surface area contributed by atoms with Crippen molar-refractivity contribution in [3.05, 3.63) is 23.8 Å². The second-order valence-electron chi connectivity index (χ2n) is 4.61. The van der Waals surface area contributed by atoms with Crippen LogP contribution in [-0.4, -0.2) is 12.7 Å². The number of ether oxygens (including phenoxy) is 2. The molecule has 0 aromatic heterocycles. The molecule has 1 atom stereocenters. The summed E-state index contributed by atoms with van der Waals surface area (Å²) in [5.74, 6) is 2.62. The molecule has 1 heterocycles. The predicted molar refractivity (Wildman–Crippen MR) is 65.4 cm³/mol. The summed E-state index contributed by atoms with van der Waals surface area (Å²) in [5, 5.41) is 0. The first-order valence-corrected chi connectivity index (χ1v) is 6.14. The lowest BCUT2D eigenvalue weighted by atomic mass is 9.91. The topological polar surface area (TPSA) is 18.5 Å². The Kier molecular flexibility index (Phi) is 3.37. The Morgan fingerprint density at radius 3 is 2.94 bits per heavy atom. The summed E-state index contributed by atoms with van der Waals surface area (Å²) in [7, 11) is 0. The second-order valence-corrected chi connectivity index (χ2v) is 4.61. The van der Waals surface area contributed by atoms with Gasteiger partial charge in [-0.3, -0.25) is 0 Å². The molecule has 1 aromatic carbocycles. The third kappa shape index (κ3) is 2.31. The van der Waals surface area contributed by atoms with E-state index in [4.69, 9.17) is 9.47 Å². The maximum absolute atomic E-state index is 5.72. The molecular weight excluding hydrogens is 200 g/mol. The number of benzene rings is 1. The fourth-order valence-corrected chi connectivity index (χ4v) is 2.21. The summed E-state index contributed by atoms with van der Waals surface area (Å²) >= 11 is 0. The minimum absolute atomic E-state index is 0.225. The standard InChI is InChI=1S/C14H20O2/c1-4-11-7-8-15-14-6-5-12(9-13(11)14)16-10(2)3/h5-6,9-11H,4,7-8H2,1-3H3. The van der Waals surface area contributed by atoms with Crippen molar-refractivity contribution < 1.29 is 9.47 Å². The molecule has 2 rings (SSSR count). The maximum Gasteiger partial charge on any atom is 0.123 e. The summed E-state index contributed by atoms with van der Waals surface area (Å²) in [5.41, 5.74) is 1.31. The molecule has 0 aliphatic carbocycles. The first-order valence-electron chi connectivity index (χ1n) is 6.14. The molecular formula is C14H20O2. The van der Waals surface area contributed by atoms with Crippen LogP contribution in [0.25, 0.3) is 0 Å². The van der Waals surface area contributed by atoms with Gasteiger partial charge < -0.3 is 9.47 Å². The lowest BCUT2D eigenvalue weighted by Crippen LogP contribution is -2.14. The predicted octanol–water partition coefficient (Wildman–Crippen LogP) is 3.75. The van der Waals surface area contributed by atoms with Crippen molar-refractivity contribution >= 4 is 0 Å². The molecule has 0 radical (unpaired) electrons. The molecule has 16 heavy (non-hydrogen) atoms. The van der Waals surface area contributed by atoms with Gasteiger partial charge in [-0.1, -0.05) is 6.92 Å². The lowest BCUT2D eigenvalue weighted by Gasteiger charge is -2.25. The van der Waals surface area contributed by atoms with E-state index in [-0.39, 0.29) is 6.10 Å². The molecule has 0 amide bonds. The van der Waals surface area contributed by atoms with Gasteiger partial charge in [-0.2, -0.15) is 0 Å². The normalized spacial score (nSPS) is 19.1. The number of hydrogen-bond donors (Lipinski definition) is 0. The van der Waals surface area contributed by atoms with E-state index in [1.165, 1.54) is 12.0 Å². The minimum atomic E-state index is 0.225. The van der Waals surface area contributed by atoms with Gasteiger partial charge in [-0.25, -0.2) is 0 Å². The van der Waals surface area contributed by atoms with Crippen molar-refractivity contribution in [2.24, 2.45) is 0 Å². The van der Waals surface area contributed by atoms with Crippen molar-refractivity contribution in [1.29, 1.82) is 0 Å². The summed E-state index contributed by atoms with van der Waals surface area (Å²) < 4.78 is 11.4. The van der Waals surface area contributed by atoms with Gasteiger partial charge in [-0.15, -0.1) is 0 Å². The Morgan fingerprint density at radius 2 is 2.25 bits per heavy atom. The van der Waals surface area contributed by atoms with Crippen molar-refractivity contribution in [2.75, 3.05) is 6.61 Å². The highest BCUT2D eigenvalue weighted by Crippen LogP contribution is 2.37. The van der Waals surface area contributed by atoms with Crippen LogP contribution in [0.4, 0.5) is 0 Å². The SMILES string of the molecule is CCC1CCOc2ccc(OC(C)C)cc21. The average molecular weight is 220 g/mol. The van der Waals surface area contributed by atoms with E-state index in [2.05, 4.69) is 13.0 Å². The smallest absolute Gasteiger partial charge is 0.123 e. The molecule has 0 bridgehead atoms. The lowest BCUT2D eigenvalue weighted by molar-refractivity contribution is 0.237. The third-order valence-corrected chi connectivity index (χ3v) is 3.01. The monoisotopic (exact) mass is 220 g/mol. The van der Waals surface area contributed by atoms with Crippen LogP contribution in [0.3, 0.4) is 0 Å². The van der Waals surface area contributed by atoms with Gasteiger partial charge in [0.25, 0.3) is 0 Å². The zero-order valence-corrected chi connectivity index (χ0v) is 10.3. The van der Waals surface area contributed by atoms with E-state index in [1.807, 2.05) is 26.0 Å². The van der Waals surface area contributed by atoms with E-state index in [0.717, 1.165) is 24.5 Å². The summed E-state index contributed by atoms with van der Waals surface area (Å²) in [6.45, 7) is 7.17. The van der Waals surface area contributed by atoms with E-state index >= 15 is 0 Å². The van der Waals surface area contributed by atoms with E-state index < -0.39 is 0 Å². The van der Waals surface area contributed by atoms with E-state index in [1.54, 1.807) is 0 Å². The zero-order chi connectivity index (χ0) is 11.5.